The predicted molar refractivity (Wildman–Crippen MR) is 74.2 cm³/mol. The fraction of sp³-hybridized carbons (Fsp3) is 0.471. The van der Waals surface area contributed by atoms with Crippen molar-refractivity contribution >= 4 is 5.78 Å². The number of ether oxygens (including phenoxy) is 1. The summed E-state index contributed by atoms with van der Waals surface area (Å²) in [4.78, 5) is 12.0. The Morgan fingerprint density at radius 2 is 1.84 bits per heavy atom. The third-order valence-electron chi connectivity index (χ3n) is 3.88. The van der Waals surface area contributed by atoms with Crippen LogP contribution in [0.4, 0.5) is 0 Å². The molecular formula is C17H18O2. The van der Waals surface area contributed by atoms with E-state index in [1.807, 2.05) is 24.3 Å². The third kappa shape index (κ3) is 2.81. The summed E-state index contributed by atoms with van der Waals surface area (Å²) in [5, 5.41) is 0. The first kappa shape index (κ1) is 12.3. The van der Waals surface area contributed by atoms with E-state index in [9.17, 15) is 4.79 Å². The second-order valence-electron chi connectivity index (χ2n) is 5.35. The van der Waals surface area contributed by atoms with Crippen molar-refractivity contribution in [1.82, 2.24) is 0 Å². The third-order valence-corrected chi connectivity index (χ3v) is 3.88. The maximum absolute atomic E-state index is 12.0. The first-order valence-corrected chi connectivity index (χ1v) is 7.13. The molecule has 2 heteroatoms. The minimum atomic E-state index is -0.260. The Balaban J connectivity index is 1.71. The van der Waals surface area contributed by atoms with Crippen LogP contribution in [-0.4, -0.2) is 11.9 Å². The highest BCUT2D eigenvalue weighted by atomic mass is 16.5. The van der Waals surface area contributed by atoms with Crippen LogP contribution >= 0.6 is 0 Å². The molecule has 1 atom stereocenters. The van der Waals surface area contributed by atoms with Crippen molar-refractivity contribution in [3.05, 3.63) is 29.8 Å². The van der Waals surface area contributed by atoms with Crippen molar-refractivity contribution in [2.24, 2.45) is 5.92 Å². The molecule has 1 aliphatic carbocycles. The molecule has 0 spiro atoms. The highest BCUT2D eigenvalue weighted by Crippen LogP contribution is 2.27. The van der Waals surface area contributed by atoms with E-state index in [0.717, 1.165) is 0 Å². The van der Waals surface area contributed by atoms with E-state index in [-0.39, 0.29) is 11.9 Å². The second-order valence-corrected chi connectivity index (χ2v) is 5.35. The van der Waals surface area contributed by atoms with E-state index in [4.69, 9.17) is 4.74 Å². The van der Waals surface area contributed by atoms with E-state index >= 15 is 0 Å². The van der Waals surface area contributed by atoms with Crippen LogP contribution in [0, 0.1) is 17.8 Å². The molecule has 1 saturated carbocycles. The molecule has 0 radical (unpaired) electrons. The molecular weight excluding hydrogens is 236 g/mol. The van der Waals surface area contributed by atoms with Crippen LogP contribution in [0.3, 0.4) is 0 Å². The van der Waals surface area contributed by atoms with Gasteiger partial charge in [0, 0.05) is 5.92 Å². The quantitative estimate of drug-likeness (QED) is 0.661. The average Bonchev–Trinajstić information content (AvgIpc) is 2.46. The van der Waals surface area contributed by atoms with Gasteiger partial charge in [0.2, 0.25) is 0 Å². The molecule has 3 rings (SSSR count). The SMILES string of the molecule is O=C1C[C@H](C#CC2CCCCC2)Oc2ccccc21. The number of hydrogen-bond donors (Lipinski definition) is 0. The van der Waals surface area contributed by atoms with Crippen molar-refractivity contribution in [3.8, 4) is 17.6 Å². The molecule has 1 heterocycles. The number of para-hydroxylation sites is 1. The van der Waals surface area contributed by atoms with Crippen LogP contribution in [0.5, 0.6) is 5.75 Å². The number of rotatable bonds is 0. The molecule has 0 amide bonds. The monoisotopic (exact) mass is 254 g/mol. The van der Waals surface area contributed by atoms with E-state index in [0.29, 0.717) is 23.7 Å². The van der Waals surface area contributed by atoms with Gasteiger partial charge in [-0.15, -0.1) is 0 Å². The highest BCUT2D eigenvalue weighted by Gasteiger charge is 2.24. The summed E-state index contributed by atoms with van der Waals surface area (Å²) >= 11 is 0. The van der Waals surface area contributed by atoms with Crippen LogP contribution in [0.25, 0.3) is 0 Å². The fourth-order valence-corrected chi connectivity index (χ4v) is 2.81. The van der Waals surface area contributed by atoms with E-state index in [1.165, 1.54) is 32.1 Å². The number of carbonyl (C=O) groups is 1. The normalized spacial score (nSPS) is 22.9. The standard InChI is InChI=1S/C17H18O2/c18-16-12-14(11-10-13-6-2-1-3-7-13)19-17-9-5-4-8-15(16)17/h4-5,8-9,13-14H,1-3,6-7,12H2/t14-/m0/s1. The van der Waals surface area contributed by atoms with E-state index < -0.39 is 0 Å². The van der Waals surface area contributed by atoms with Crippen LogP contribution < -0.4 is 4.74 Å². The van der Waals surface area contributed by atoms with Gasteiger partial charge in [0.25, 0.3) is 0 Å². The number of hydrogen-bond acceptors (Lipinski definition) is 2. The molecule has 1 fully saturated rings. The Morgan fingerprint density at radius 1 is 1.05 bits per heavy atom. The molecule has 2 aliphatic rings. The van der Waals surface area contributed by atoms with Gasteiger partial charge in [-0.3, -0.25) is 4.79 Å². The molecule has 0 saturated heterocycles. The minimum Gasteiger partial charge on any atom is -0.477 e. The summed E-state index contributed by atoms with van der Waals surface area (Å²) in [5.41, 5.74) is 0.693. The lowest BCUT2D eigenvalue weighted by molar-refractivity contribution is 0.0900. The number of ketones is 1. The summed E-state index contributed by atoms with van der Waals surface area (Å²) < 4.78 is 5.80. The van der Waals surface area contributed by atoms with Gasteiger partial charge >= 0.3 is 0 Å². The van der Waals surface area contributed by atoms with Crippen molar-refractivity contribution in [1.29, 1.82) is 0 Å². The number of fused-ring (bicyclic) bond motifs is 1. The Hall–Kier alpha value is -1.75. The van der Waals surface area contributed by atoms with Gasteiger partial charge in [0.1, 0.15) is 5.75 Å². The summed E-state index contributed by atoms with van der Waals surface area (Å²) in [6.45, 7) is 0. The summed E-state index contributed by atoms with van der Waals surface area (Å²) in [7, 11) is 0. The molecule has 2 nitrogen and oxygen atoms in total. The number of carbonyl (C=O) groups excluding carboxylic acids is 1. The van der Waals surface area contributed by atoms with Crippen molar-refractivity contribution in [3.63, 3.8) is 0 Å². The maximum atomic E-state index is 12.0. The van der Waals surface area contributed by atoms with E-state index in [2.05, 4.69) is 11.8 Å². The molecule has 1 aromatic rings. The molecule has 1 aliphatic heterocycles. The van der Waals surface area contributed by atoms with Gasteiger partial charge < -0.3 is 4.74 Å². The lowest BCUT2D eigenvalue weighted by Crippen LogP contribution is -2.25. The highest BCUT2D eigenvalue weighted by molar-refractivity contribution is 6.00. The fourth-order valence-electron chi connectivity index (χ4n) is 2.81. The maximum Gasteiger partial charge on any atom is 0.171 e. The smallest absolute Gasteiger partial charge is 0.171 e. The summed E-state index contributed by atoms with van der Waals surface area (Å²) in [6.07, 6.45) is 6.43. The van der Waals surface area contributed by atoms with Gasteiger partial charge in [-0.2, -0.15) is 0 Å². The van der Waals surface area contributed by atoms with Crippen LogP contribution in [0.1, 0.15) is 48.9 Å². The lowest BCUT2D eigenvalue weighted by Gasteiger charge is -2.22. The van der Waals surface area contributed by atoms with Crippen molar-refractivity contribution in [2.75, 3.05) is 0 Å². The molecule has 98 valence electrons. The molecule has 19 heavy (non-hydrogen) atoms. The van der Waals surface area contributed by atoms with Crippen molar-refractivity contribution in [2.45, 2.75) is 44.6 Å². The van der Waals surface area contributed by atoms with Crippen LogP contribution in [-0.2, 0) is 0 Å². The zero-order valence-corrected chi connectivity index (χ0v) is 11.0. The first-order chi connectivity index (χ1) is 9.33. The Labute approximate surface area is 114 Å². The van der Waals surface area contributed by atoms with Gasteiger partial charge in [-0.25, -0.2) is 0 Å². The molecule has 1 aromatic carbocycles. The predicted octanol–water partition coefficient (Wildman–Crippen LogP) is 3.60. The summed E-state index contributed by atoms with van der Waals surface area (Å²) in [6, 6.07) is 7.43. The molecule has 0 aromatic heterocycles. The zero-order valence-electron chi connectivity index (χ0n) is 11.0. The topological polar surface area (TPSA) is 26.3 Å². The Bertz CT molecular complexity index is 530. The Kier molecular flexibility index (Phi) is 3.55. The zero-order chi connectivity index (χ0) is 13.1. The number of Topliss-reactive ketones (excluding diaryl/α,β-unsaturated/α-hetero) is 1. The first-order valence-electron chi connectivity index (χ1n) is 7.13. The number of benzene rings is 1. The summed E-state index contributed by atoms with van der Waals surface area (Å²) in [5.74, 6) is 7.81. The van der Waals surface area contributed by atoms with Gasteiger partial charge in [0.05, 0.1) is 12.0 Å². The van der Waals surface area contributed by atoms with Gasteiger partial charge in [-0.1, -0.05) is 43.2 Å². The minimum absolute atomic E-state index is 0.143. The molecule has 0 N–H and O–H groups in total. The average molecular weight is 254 g/mol. The lowest BCUT2D eigenvalue weighted by atomic mass is 9.89. The largest absolute Gasteiger partial charge is 0.477 e. The van der Waals surface area contributed by atoms with Gasteiger partial charge in [0.15, 0.2) is 11.9 Å². The Morgan fingerprint density at radius 3 is 2.68 bits per heavy atom. The van der Waals surface area contributed by atoms with E-state index in [1.54, 1.807) is 0 Å². The van der Waals surface area contributed by atoms with Crippen molar-refractivity contribution < 1.29 is 9.53 Å². The van der Waals surface area contributed by atoms with Crippen LogP contribution in [0.15, 0.2) is 24.3 Å². The second kappa shape index (κ2) is 5.48. The van der Waals surface area contributed by atoms with Crippen LogP contribution in [0.2, 0.25) is 0 Å². The molecule has 0 bridgehead atoms. The molecule has 0 unspecified atom stereocenters. The van der Waals surface area contributed by atoms with Gasteiger partial charge in [-0.05, 0) is 25.0 Å².